The zero-order valence-electron chi connectivity index (χ0n) is 8.77. The van der Waals surface area contributed by atoms with E-state index in [1.807, 2.05) is 0 Å². The Labute approximate surface area is 89.0 Å². The molecule has 1 aromatic carbocycles. The van der Waals surface area contributed by atoms with Crippen LogP contribution in [0.15, 0.2) is 18.2 Å². The second kappa shape index (κ2) is 4.02. The van der Waals surface area contributed by atoms with E-state index >= 15 is 0 Å². The van der Waals surface area contributed by atoms with Crippen molar-refractivity contribution in [3.05, 3.63) is 29.3 Å². The molecule has 0 saturated carbocycles. The Bertz CT molecular complexity index is 488. The van der Waals surface area contributed by atoms with Crippen LogP contribution in [0.5, 0.6) is 5.75 Å². The fourth-order valence-corrected chi connectivity index (χ4v) is 1.64. The van der Waals surface area contributed by atoms with Crippen molar-refractivity contribution in [3.8, 4) is 5.75 Å². The van der Waals surface area contributed by atoms with Crippen molar-refractivity contribution in [2.24, 2.45) is 0 Å². The van der Waals surface area contributed by atoms with Gasteiger partial charge in [-0.25, -0.2) is 0 Å². The third-order valence-corrected chi connectivity index (χ3v) is 2.30. The second-order valence-corrected chi connectivity index (χ2v) is 4.90. The highest BCUT2D eigenvalue weighted by molar-refractivity contribution is 7.86. The van der Waals surface area contributed by atoms with Crippen LogP contribution in [0.25, 0.3) is 0 Å². The number of carbonyl (C=O) groups excluding carboxylic acids is 1. The van der Waals surface area contributed by atoms with Gasteiger partial charge in [0.1, 0.15) is 5.75 Å². The van der Waals surface area contributed by atoms with Crippen LogP contribution < -0.4 is 4.18 Å². The fraction of sp³-hybridized carbons (Fsp3) is 0.300. The first-order valence-corrected chi connectivity index (χ1v) is 6.12. The van der Waals surface area contributed by atoms with Crippen molar-refractivity contribution in [2.75, 3.05) is 6.26 Å². The summed E-state index contributed by atoms with van der Waals surface area (Å²) in [6.07, 6.45) is 0.978. The number of Topliss-reactive ketones (excluding diaryl/α,β-unsaturated/α-hetero) is 1. The van der Waals surface area contributed by atoms with Gasteiger partial charge in [0.05, 0.1) is 6.26 Å². The number of rotatable bonds is 3. The normalized spacial score (nSPS) is 11.1. The number of ketones is 1. The molecular formula is C10H12O4S. The van der Waals surface area contributed by atoms with Crippen molar-refractivity contribution >= 4 is 15.9 Å². The number of aryl methyl sites for hydroxylation is 1. The zero-order valence-corrected chi connectivity index (χ0v) is 9.59. The van der Waals surface area contributed by atoms with Gasteiger partial charge in [-0.2, -0.15) is 8.42 Å². The molecule has 0 atom stereocenters. The van der Waals surface area contributed by atoms with Crippen LogP contribution in [-0.4, -0.2) is 20.5 Å². The molecule has 0 aliphatic carbocycles. The Morgan fingerprint density at radius 3 is 2.33 bits per heavy atom. The van der Waals surface area contributed by atoms with Crippen LogP contribution in [0.1, 0.15) is 22.8 Å². The quantitative estimate of drug-likeness (QED) is 0.581. The number of hydrogen-bond donors (Lipinski definition) is 0. The molecule has 0 unspecified atom stereocenters. The highest BCUT2D eigenvalue weighted by Crippen LogP contribution is 2.20. The molecule has 0 bridgehead atoms. The van der Waals surface area contributed by atoms with E-state index in [-0.39, 0.29) is 11.5 Å². The van der Waals surface area contributed by atoms with E-state index in [2.05, 4.69) is 0 Å². The zero-order chi connectivity index (χ0) is 11.6. The number of benzene rings is 1. The average Bonchev–Trinajstić information content (AvgIpc) is 2.05. The average molecular weight is 228 g/mol. The molecule has 82 valence electrons. The standard InChI is InChI=1S/C10H12O4S/c1-7-6-9(8(2)11)4-5-10(7)14-15(3,12)13/h4-6H,1-3H3. The minimum Gasteiger partial charge on any atom is -0.382 e. The van der Waals surface area contributed by atoms with Gasteiger partial charge in [0.25, 0.3) is 0 Å². The summed E-state index contributed by atoms with van der Waals surface area (Å²) in [4.78, 5) is 11.0. The molecule has 0 amide bonds. The van der Waals surface area contributed by atoms with E-state index in [0.29, 0.717) is 11.1 Å². The van der Waals surface area contributed by atoms with E-state index in [9.17, 15) is 13.2 Å². The van der Waals surface area contributed by atoms with Gasteiger partial charge in [-0.1, -0.05) is 0 Å². The Kier molecular flexibility index (Phi) is 3.14. The first kappa shape index (κ1) is 11.7. The van der Waals surface area contributed by atoms with Crippen molar-refractivity contribution in [2.45, 2.75) is 13.8 Å². The fourth-order valence-electron chi connectivity index (χ4n) is 1.12. The molecule has 0 heterocycles. The van der Waals surface area contributed by atoms with Crippen molar-refractivity contribution in [1.82, 2.24) is 0 Å². The Morgan fingerprint density at radius 1 is 1.33 bits per heavy atom. The summed E-state index contributed by atoms with van der Waals surface area (Å²) in [7, 11) is -3.52. The van der Waals surface area contributed by atoms with E-state index in [4.69, 9.17) is 4.18 Å². The third kappa shape index (κ3) is 3.36. The van der Waals surface area contributed by atoms with Crippen LogP contribution in [0.2, 0.25) is 0 Å². The summed E-state index contributed by atoms with van der Waals surface area (Å²) in [5.74, 6) is 0.187. The van der Waals surface area contributed by atoms with Crippen LogP contribution >= 0.6 is 0 Å². The maximum atomic E-state index is 11.0. The molecule has 15 heavy (non-hydrogen) atoms. The first-order valence-electron chi connectivity index (χ1n) is 4.30. The van der Waals surface area contributed by atoms with Crippen LogP contribution in [-0.2, 0) is 10.1 Å². The van der Waals surface area contributed by atoms with Gasteiger partial charge in [0.15, 0.2) is 5.78 Å². The number of hydrogen-bond acceptors (Lipinski definition) is 4. The molecule has 5 heteroatoms. The molecule has 1 rings (SSSR count). The molecule has 0 radical (unpaired) electrons. The van der Waals surface area contributed by atoms with Crippen molar-refractivity contribution in [3.63, 3.8) is 0 Å². The van der Waals surface area contributed by atoms with Gasteiger partial charge < -0.3 is 4.18 Å². The molecule has 0 N–H and O–H groups in total. The van der Waals surface area contributed by atoms with E-state index in [1.54, 1.807) is 13.0 Å². The minimum atomic E-state index is -3.52. The molecule has 4 nitrogen and oxygen atoms in total. The molecule has 1 aromatic rings. The lowest BCUT2D eigenvalue weighted by molar-refractivity contribution is 0.101. The summed E-state index contributed by atoms with van der Waals surface area (Å²) < 4.78 is 26.5. The summed E-state index contributed by atoms with van der Waals surface area (Å²) in [5, 5.41) is 0. The first-order chi connectivity index (χ1) is 6.79. The van der Waals surface area contributed by atoms with Gasteiger partial charge in [-0.05, 0) is 37.6 Å². The smallest absolute Gasteiger partial charge is 0.306 e. The Hall–Kier alpha value is -1.36. The van der Waals surface area contributed by atoms with Gasteiger partial charge in [-0.3, -0.25) is 4.79 Å². The molecular weight excluding hydrogens is 216 g/mol. The third-order valence-electron chi connectivity index (χ3n) is 1.82. The van der Waals surface area contributed by atoms with Crippen molar-refractivity contribution in [1.29, 1.82) is 0 Å². The topological polar surface area (TPSA) is 60.4 Å². The summed E-state index contributed by atoms with van der Waals surface area (Å²) in [5.41, 5.74) is 1.15. The molecule has 0 spiro atoms. The SMILES string of the molecule is CC(=O)c1ccc(OS(C)(=O)=O)c(C)c1. The maximum absolute atomic E-state index is 11.0. The minimum absolute atomic E-state index is 0.0657. The highest BCUT2D eigenvalue weighted by atomic mass is 32.2. The lowest BCUT2D eigenvalue weighted by Gasteiger charge is -2.06. The van der Waals surface area contributed by atoms with Gasteiger partial charge >= 0.3 is 10.1 Å². The monoisotopic (exact) mass is 228 g/mol. The largest absolute Gasteiger partial charge is 0.382 e. The highest BCUT2D eigenvalue weighted by Gasteiger charge is 2.09. The van der Waals surface area contributed by atoms with Gasteiger partial charge in [0, 0.05) is 5.56 Å². The lowest BCUT2D eigenvalue weighted by Crippen LogP contribution is -2.07. The van der Waals surface area contributed by atoms with Crippen LogP contribution in [0, 0.1) is 6.92 Å². The molecule has 0 aliphatic rings. The van der Waals surface area contributed by atoms with E-state index in [1.165, 1.54) is 19.1 Å². The number of carbonyl (C=O) groups is 1. The maximum Gasteiger partial charge on any atom is 0.306 e. The van der Waals surface area contributed by atoms with E-state index < -0.39 is 10.1 Å². The van der Waals surface area contributed by atoms with E-state index in [0.717, 1.165) is 6.26 Å². The molecule has 0 saturated heterocycles. The molecule has 0 aliphatic heterocycles. The summed E-state index contributed by atoms with van der Waals surface area (Å²) in [6.45, 7) is 3.14. The van der Waals surface area contributed by atoms with Crippen LogP contribution in [0.4, 0.5) is 0 Å². The predicted octanol–water partition coefficient (Wildman–Crippen LogP) is 1.54. The molecule has 0 aromatic heterocycles. The second-order valence-electron chi connectivity index (χ2n) is 3.32. The van der Waals surface area contributed by atoms with Crippen molar-refractivity contribution < 1.29 is 17.4 Å². The Balaban J connectivity index is 3.09. The summed E-state index contributed by atoms with van der Waals surface area (Å²) >= 11 is 0. The van der Waals surface area contributed by atoms with Crippen LogP contribution in [0.3, 0.4) is 0 Å². The molecule has 0 fully saturated rings. The van der Waals surface area contributed by atoms with Gasteiger partial charge in [0.2, 0.25) is 0 Å². The predicted molar refractivity (Wildman–Crippen MR) is 56.7 cm³/mol. The lowest BCUT2D eigenvalue weighted by atomic mass is 10.1. The summed E-state index contributed by atoms with van der Waals surface area (Å²) in [6, 6.07) is 4.62. The van der Waals surface area contributed by atoms with Gasteiger partial charge in [-0.15, -0.1) is 0 Å². The Morgan fingerprint density at radius 2 is 1.93 bits per heavy atom.